The largest absolute Gasteiger partial charge is 0.334 e. The van der Waals surface area contributed by atoms with Gasteiger partial charge in [-0.2, -0.15) is 0 Å². The van der Waals surface area contributed by atoms with Crippen LogP contribution >= 0.6 is 0 Å². The average molecular weight is 406 g/mol. The number of carbonyl (C=O) groups is 2. The van der Waals surface area contributed by atoms with Crippen molar-refractivity contribution in [1.29, 1.82) is 0 Å². The van der Waals surface area contributed by atoms with Gasteiger partial charge in [-0.25, -0.2) is 0 Å². The van der Waals surface area contributed by atoms with Crippen LogP contribution in [-0.4, -0.2) is 23.3 Å². The molecule has 0 saturated heterocycles. The second kappa shape index (κ2) is 8.07. The van der Waals surface area contributed by atoms with E-state index < -0.39 is 0 Å². The number of nitrogens with one attached hydrogen (secondary N) is 1. The van der Waals surface area contributed by atoms with Crippen molar-refractivity contribution in [3.8, 4) is 0 Å². The maximum absolute atomic E-state index is 13.0. The molecule has 1 aliphatic heterocycles. The monoisotopic (exact) mass is 406 g/mol. The van der Waals surface area contributed by atoms with E-state index in [1.54, 1.807) is 0 Å². The van der Waals surface area contributed by atoms with E-state index in [4.69, 9.17) is 0 Å². The summed E-state index contributed by atoms with van der Waals surface area (Å²) in [5.74, 6) is -0.0961. The predicted molar refractivity (Wildman–Crippen MR) is 123 cm³/mol. The number of rotatable bonds is 3. The van der Waals surface area contributed by atoms with E-state index in [-0.39, 0.29) is 11.8 Å². The SMILES string of the molecule is O=C(Nc1ccc2c(c1)CN(C(=O)c1ccccc1)CC2)c1cccc2ccccc12. The Morgan fingerprint density at radius 2 is 1.55 bits per heavy atom. The van der Waals surface area contributed by atoms with E-state index in [1.807, 2.05) is 89.8 Å². The number of anilines is 1. The van der Waals surface area contributed by atoms with E-state index in [0.717, 1.165) is 28.4 Å². The molecule has 0 radical (unpaired) electrons. The molecule has 4 aromatic rings. The second-order valence-electron chi connectivity index (χ2n) is 7.81. The summed E-state index contributed by atoms with van der Waals surface area (Å²) in [6.45, 7) is 1.24. The van der Waals surface area contributed by atoms with Crippen LogP contribution in [0, 0.1) is 0 Å². The third-order valence-corrected chi connectivity index (χ3v) is 5.82. The lowest BCUT2D eigenvalue weighted by atomic mass is 9.98. The Morgan fingerprint density at radius 3 is 2.42 bits per heavy atom. The Bertz CT molecular complexity index is 1280. The van der Waals surface area contributed by atoms with Crippen molar-refractivity contribution >= 4 is 28.3 Å². The highest BCUT2D eigenvalue weighted by molar-refractivity contribution is 6.13. The molecule has 2 amide bonds. The Balaban J connectivity index is 1.37. The standard InChI is InChI=1S/C27H22N2O2/c30-26(25-12-6-10-20-7-4-5-11-24(20)25)28-23-14-13-19-15-16-29(18-22(19)17-23)27(31)21-8-2-1-3-9-21/h1-14,17H,15-16,18H2,(H,28,30). The highest BCUT2D eigenvalue weighted by Crippen LogP contribution is 2.25. The molecule has 0 unspecified atom stereocenters. The van der Waals surface area contributed by atoms with Gasteiger partial charge in [0.15, 0.2) is 0 Å². The van der Waals surface area contributed by atoms with Gasteiger partial charge in [0, 0.05) is 29.9 Å². The molecule has 0 atom stereocenters. The molecule has 0 saturated carbocycles. The van der Waals surface area contributed by atoms with E-state index in [0.29, 0.717) is 24.2 Å². The maximum atomic E-state index is 13.0. The topological polar surface area (TPSA) is 49.4 Å². The highest BCUT2D eigenvalue weighted by Gasteiger charge is 2.22. The first-order valence-corrected chi connectivity index (χ1v) is 10.4. The van der Waals surface area contributed by atoms with Gasteiger partial charge >= 0.3 is 0 Å². The first-order chi connectivity index (χ1) is 15.2. The molecule has 1 heterocycles. The first kappa shape index (κ1) is 19.1. The van der Waals surface area contributed by atoms with Crippen molar-refractivity contribution in [1.82, 2.24) is 4.90 Å². The highest BCUT2D eigenvalue weighted by atomic mass is 16.2. The number of nitrogens with zero attached hydrogens (tertiary/aromatic N) is 1. The van der Waals surface area contributed by atoms with Crippen molar-refractivity contribution in [3.05, 3.63) is 113 Å². The number of hydrogen-bond donors (Lipinski definition) is 1. The third-order valence-electron chi connectivity index (χ3n) is 5.82. The summed E-state index contributed by atoms with van der Waals surface area (Å²) in [5.41, 5.74) is 4.39. The molecule has 0 spiro atoms. The number of benzene rings is 4. The quantitative estimate of drug-likeness (QED) is 0.503. The molecule has 0 aromatic heterocycles. The van der Waals surface area contributed by atoms with Crippen molar-refractivity contribution in [3.63, 3.8) is 0 Å². The molecule has 0 bridgehead atoms. The summed E-state index contributed by atoms with van der Waals surface area (Å²) < 4.78 is 0. The number of hydrogen-bond acceptors (Lipinski definition) is 2. The van der Waals surface area contributed by atoms with Crippen molar-refractivity contribution in [2.45, 2.75) is 13.0 Å². The van der Waals surface area contributed by atoms with Gasteiger partial charge in [0.1, 0.15) is 0 Å². The summed E-state index contributed by atoms with van der Waals surface area (Å²) in [6, 6.07) is 29.0. The molecular formula is C27H22N2O2. The van der Waals surface area contributed by atoms with Crippen LogP contribution in [0.2, 0.25) is 0 Å². The smallest absolute Gasteiger partial charge is 0.256 e. The molecular weight excluding hydrogens is 384 g/mol. The lowest BCUT2D eigenvalue weighted by Gasteiger charge is -2.29. The van der Waals surface area contributed by atoms with Crippen LogP contribution in [0.5, 0.6) is 0 Å². The third kappa shape index (κ3) is 3.80. The van der Waals surface area contributed by atoms with Gasteiger partial charge in [0.25, 0.3) is 11.8 Å². The minimum atomic E-state index is -0.134. The summed E-state index contributed by atoms with van der Waals surface area (Å²) in [6.07, 6.45) is 0.811. The van der Waals surface area contributed by atoms with Crippen LogP contribution in [0.3, 0.4) is 0 Å². The van der Waals surface area contributed by atoms with Crippen LogP contribution in [0.1, 0.15) is 31.8 Å². The van der Waals surface area contributed by atoms with Gasteiger partial charge in [-0.1, -0.05) is 60.7 Å². The summed E-state index contributed by atoms with van der Waals surface area (Å²) in [7, 11) is 0. The van der Waals surface area contributed by atoms with Gasteiger partial charge in [0.2, 0.25) is 0 Å². The summed E-state index contributed by atoms with van der Waals surface area (Å²) in [5, 5.41) is 5.00. The van der Waals surface area contributed by atoms with Gasteiger partial charge in [0.05, 0.1) is 0 Å². The van der Waals surface area contributed by atoms with E-state index >= 15 is 0 Å². The van der Waals surface area contributed by atoms with E-state index in [2.05, 4.69) is 11.4 Å². The van der Waals surface area contributed by atoms with Gasteiger partial charge in [-0.15, -0.1) is 0 Å². The molecule has 0 fully saturated rings. The van der Waals surface area contributed by atoms with E-state index in [9.17, 15) is 9.59 Å². The zero-order valence-electron chi connectivity index (χ0n) is 17.0. The molecule has 152 valence electrons. The van der Waals surface area contributed by atoms with Crippen molar-refractivity contribution < 1.29 is 9.59 Å². The summed E-state index contributed by atoms with van der Waals surface area (Å²) >= 11 is 0. The Labute approximate surface area is 181 Å². The fourth-order valence-electron chi connectivity index (χ4n) is 4.19. The molecule has 1 aliphatic rings. The number of fused-ring (bicyclic) bond motifs is 2. The molecule has 4 heteroatoms. The van der Waals surface area contributed by atoms with Crippen LogP contribution in [0.4, 0.5) is 5.69 Å². The summed E-state index contributed by atoms with van der Waals surface area (Å²) in [4.78, 5) is 27.7. The van der Waals surface area contributed by atoms with Gasteiger partial charge < -0.3 is 10.2 Å². The zero-order valence-corrected chi connectivity index (χ0v) is 17.0. The Kier molecular flexibility index (Phi) is 4.97. The van der Waals surface area contributed by atoms with Crippen LogP contribution < -0.4 is 5.32 Å². The van der Waals surface area contributed by atoms with Gasteiger partial charge in [-0.05, 0) is 58.7 Å². The average Bonchev–Trinajstić information content (AvgIpc) is 2.83. The maximum Gasteiger partial charge on any atom is 0.256 e. The second-order valence-corrected chi connectivity index (χ2v) is 7.81. The zero-order chi connectivity index (χ0) is 21.2. The Hall–Kier alpha value is -3.92. The molecule has 1 N–H and O–H groups in total. The number of amides is 2. The van der Waals surface area contributed by atoms with Crippen LogP contribution in [0.15, 0.2) is 91.0 Å². The molecule has 0 aliphatic carbocycles. The van der Waals surface area contributed by atoms with E-state index in [1.165, 1.54) is 5.56 Å². The van der Waals surface area contributed by atoms with Crippen molar-refractivity contribution in [2.24, 2.45) is 0 Å². The molecule has 31 heavy (non-hydrogen) atoms. The van der Waals surface area contributed by atoms with Gasteiger partial charge in [-0.3, -0.25) is 9.59 Å². The number of carbonyl (C=O) groups excluding carboxylic acids is 2. The molecule has 4 nitrogen and oxygen atoms in total. The minimum absolute atomic E-state index is 0.0384. The minimum Gasteiger partial charge on any atom is -0.334 e. The molecule has 5 rings (SSSR count). The van der Waals surface area contributed by atoms with Crippen LogP contribution in [0.25, 0.3) is 10.8 Å². The first-order valence-electron chi connectivity index (χ1n) is 10.4. The lowest BCUT2D eigenvalue weighted by molar-refractivity contribution is 0.0734. The lowest BCUT2D eigenvalue weighted by Crippen LogP contribution is -2.36. The van der Waals surface area contributed by atoms with Crippen molar-refractivity contribution in [2.75, 3.05) is 11.9 Å². The van der Waals surface area contributed by atoms with Crippen LogP contribution in [-0.2, 0) is 13.0 Å². The molecule has 4 aromatic carbocycles. The fourth-order valence-corrected chi connectivity index (χ4v) is 4.19. The fraction of sp³-hybridized carbons (Fsp3) is 0.111. The predicted octanol–water partition coefficient (Wildman–Crippen LogP) is 5.29. The Morgan fingerprint density at radius 1 is 0.774 bits per heavy atom. The normalized spacial score (nSPS) is 13.0.